The van der Waals surface area contributed by atoms with E-state index in [-0.39, 0.29) is 34.9 Å². The molecule has 1 fully saturated rings. The minimum absolute atomic E-state index is 0.0317. The number of benzene rings is 1. The molecule has 4 N–H and O–H groups in total. The average Bonchev–Trinajstić information content (AvgIpc) is 3.43. The van der Waals surface area contributed by atoms with Crippen molar-refractivity contribution in [1.29, 1.82) is 0 Å². The van der Waals surface area contributed by atoms with Gasteiger partial charge in [-0.1, -0.05) is 18.1 Å². The number of aromatic nitrogens is 4. The first-order chi connectivity index (χ1) is 15.0. The zero-order valence-electron chi connectivity index (χ0n) is 16.6. The van der Waals surface area contributed by atoms with E-state index >= 15 is 0 Å². The average molecular weight is 421 g/mol. The summed E-state index contributed by atoms with van der Waals surface area (Å²) in [5, 5.41) is 0. The number of hydrogen-bond donors (Lipinski definition) is 2. The van der Waals surface area contributed by atoms with Crippen LogP contribution in [0.15, 0.2) is 29.1 Å². The number of likely N-dealkylation sites (tertiary alicyclic amines) is 1. The number of nitrogen functional groups attached to an aromatic ring is 2. The Morgan fingerprint density at radius 2 is 1.87 bits per heavy atom. The van der Waals surface area contributed by atoms with Gasteiger partial charge in [0.2, 0.25) is 5.95 Å². The van der Waals surface area contributed by atoms with E-state index < -0.39 is 12.1 Å². The Bertz CT molecular complexity index is 1310. The molecule has 2 aliphatic heterocycles. The van der Waals surface area contributed by atoms with Crippen molar-refractivity contribution in [3.63, 3.8) is 0 Å². The molecule has 0 aliphatic carbocycles. The molecule has 11 heteroatoms. The van der Waals surface area contributed by atoms with Crippen molar-refractivity contribution in [2.24, 2.45) is 0 Å². The smallest absolute Gasteiger partial charge is 0.336 e. The van der Waals surface area contributed by atoms with Gasteiger partial charge in [0, 0.05) is 13.1 Å². The lowest BCUT2D eigenvalue weighted by Gasteiger charge is -2.14. The van der Waals surface area contributed by atoms with Crippen LogP contribution in [0.1, 0.15) is 25.8 Å². The summed E-state index contributed by atoms with van der Waals surface area (Å²) in [5.41, 5.74) is 12.0. The molecule has 2 aliphatic rings. The first kappa shape index (κ1) is 18.8. The van der Waals surface area contributed by atoms with Crippen LogP contribution in [0.4, 0.5) is 11.8 Å². The number of carbonyl (C=O) groups excluding carboxylic acids is 1. The number of fused-ring (bicyclic) bond motifs is 2. The maximum Gasteiger partial charge on any atom is 0.336 e. The second-order valence-corrected chi connectivity index (χ2v) is 7.22. The van der Waals surface area contributed by atoms with Crippen molar-refractivity contribution in [3.8, 4) is 23.3 Å². The first-order valence-corrected chi connectivity index (χ1v) is 9.67. The second-order valence-electron chi connectivity index (χ2n) is 7.22. The lowest BCUT2D eigenvalue weighted by Crippen LogP contribution is -2.34. The summed E-state index contributed by atoms with van der Waals surface area (Å²) < 4.78 is 14.4. The van der Waals surface area contributed by atoms with Crippen molar-refractivity contribution < 1.29 is 14.3 Å². The predicted octanol–water partition coefficient (Wildman–Crippen LogP) is 0.482. The number of para-hydroxylation sites is 2. The number of ether oxygens (including phenoxy) is 2. The maximum absolute atomic E-state index is 13.5. The molecule has 1 aromatic carbocycles. The number of hydrogen-bond acceptors (Lipinski definition) is 8. The zero-order valence-corrected chi connectivity index (χ0v) is 16.6. The number of imidazole rings is 1. The normalized spacial score (nSPS) is 17.7. The van der Waals surface area contributed by atoms with E-state index in [0.29, 0.717) is 31.0 Å². The van der Waals surface area contributed by atoms with Crippen LogP contribution in [0.3, 0.4) is 0 Å². The fourth-order valence-corrected chi connectivity index (χ4v) is 4.02. The molecular formula is C20H19N7O4. The van der Waals surface area contributed by atoms with Gasteiger partial charge >= 0.3 is 12.1 Å². The fraction of sp³-hybridized carbons (Fsp3) is 0.300. The minimum Gasteiger partial charge on any atom is -0.433 e. The van der Waals surface area contributed by atoms with Crippen LogP contribution in [0.5, 0.6) is 11.5 Å². The van der Waals surface area contributed by atoms with Crippen molar-refractivity contribution in [2.75, 3.05) is 24.6 Å². The van der Waals surface area contributed by atoms with Gasteiger partial charge in [-0.25, -0.2) is 9.36 Å². The SMILES string of the molecule is CC#CC(=O)N1CC[C@@H](n2c(=O)n(C3Oc4ccccc4O3)c3c(N)nc(N)nc32)C1. The summed E-state index contributed by atoms with van der Waals surface area (Å²) in [6.07, 6.45) is -0.527. The highest BCUT2D eigenvalue weighted by molar-refractivity contribution is 5.93. The standard InChI is InChI=1S/C20H19N7O4/c1-2-5-14(28)25-9-8-11(10-25)26-17-15(16(21)23-18(22)24-17)27(19(26)29)20-30-12-6-3-4-7-13(12)31-20/h3-4,6-7,11,20H,8-10H2,1H3,(H4,21,22,23,24)/t11-/m1/s1. The van der Waals surface area contributed by atoms with Crippen LogP contribution >= 0.6 is 0 Å². The molecule has 3 aromatic rings. The number of nitrogens with zero attached hydrogens (tertiary/aromatic N) is 5. The van der Waals surface area contributed by atoms with Crippen LogP contribution in [0.25, 0.3) is 11.2 Å². The summed E-state index contributed by atoms with van der Waals surface area (Å²) in [7, 11) is 0. The van der Waals surface area contributed by atoms with E-state index in [1.165, 1.54) is 9.13 Å². The predicted molar refractivity (Wildman–Crippen MR) is 111 cm³/mol. The van der Waals surface area contributed by atoms with Gasteiger partial charge < -0.3 is 25.8 Å². The molecule has 0 unspecified atom stereocenters. The molecule has 0 saturated carbocycles. The van der Waals surface area contributed by atoms with Crippen LogP contribution in [-0.2, 0) is 4.79 Å². The third-order valence-corrected chi connectivity index (χ3v) is 5.35. The van der Waals surface area contributed by atoms with E-state index in [2.05, 4.69) is 21.8 Å². The van der Waals surface area contributed by atoms with Gasteiger partial charge in [0.15, 0.2) is 23.0 Å². The highest BCUT2D eigenvalue weighted by Gasteiger charge is 2.36. The Morgan fingerprint density at radius 3 is 2.55 bits per heavy atom. The van der Waals surface area contributed by atoms with Crippen molar-refractivity contribution in [3.05, 3.63) is 34.7 Å². The largest absolute Gasteiger partial charge is 0.433 e. The Balaban J connectivity index is 1.62. The maximum atomic E-state index is 13.5. The third-order valence-electron chi connectivity index (χ3n) is 5.35. The molecule has 1 saturated heterocycles. The van der Waals surface area contributed by atoms with Crippen molar-refractivity contribution in [1.82, 2.24) is 24.0 Å². The molecular weight excluding hydrogens is 402 g/mol. The Labute approximate surface area is 176 Å². The van der Waals surface area contributed by atoms with Crippen molar-refractivity contribution in [2.45, 2.75) is 25.8 Å². The minimum atomic E-state index is -1.08. The molecule has 0 bridgehead atoms. The van der Waals surface area contributed by atoms with Crippen LogP contribution in [0.2, 0.25) is 0 Å². The summed E-state index contributed by atoms with van der Waals surface area (Å²) >= 11 is 0. The first-order valence-electron chi connectivity index (χ1n) is 9.67. The van der Waals surface area contributed by atoms with E-state index in [4.69, 9.17) is 20.9 Å². The molecule has 2 aromatic heterocycles. The van der Waals surface area contributed by atoms with Gasteiger partial charge in [-0.2, -0.15) is 9.97 Å². The summed E-state index contributed by atoms with van der Waals surface area (Å²) in [6.45, 7) is 2.38. The van der Waals surface area contributed by atoms with Gasteiger partial charge in [0.05, 0.1) is 6.04 Å². The lowest BCUT2D eigenvalue weighted by atomic mass is 10.2. The summed E-state index contributed by atoms with van der Waals surface area (Å²) in [5.74, 6) is 5.83. The fourth-order valence-electron chi connectivity index (χ4n) is 4.02. The van der Waals surface area contributed by atoms with Crippen LogP contribution in [-0.4, -0.2) is 43.0 Å². The number of nitrogens with two attached hydrogens (primary N) is 2. The molecule has 158 valence electrons. The Morgan fingerprint density at radius 1 is 1.16 bits per heavy atom. The second kappa shape index (κ2) is 6.94. The lowest BCUT2D eigenvalue weighted by molar-refractivity contribution is -0.124. The highest BCUT2D eigenvalue weighted by Crippen LogP contribution is 2.39. The molecule has 1 amide bonds. The number of amides is 1. The molecule has 4 heterocycles. The molecule has 31 heavy (non-hydrogen) atoms. The molecule has 0 radical (unpaired) electrons. The highest BCUT2D eigenvalue weighted by atomic mass is 16.7. The van der Waals surface area contributed by atoms with E-state index in [0.717, 1.165) is 0 Å². The van der Waals surface area contributed by atoms with Gasteiger partial charge in [-0.05, 0) is 31.4 Å². The van der Waals surface area contributed by atoms with Gasteiger partial charge in [0.1, 0.15) is 5.52 Å². The van der Waals surface area contributed by atoms with E-state index in [1.807, 2.05) is 0 Å². The van der Waals surface area contributed by atoms with Gasteiger partial charge in [-0.3, -0.25) is 9.36 Å². The van der Waals surface area contributed by atoms with Gasteiger partial charge in [0.25, 0.3) is 5.91 Å². The topological polar surface area (TPSA) is 144 Å². The van der Waals surface area contributed by atoms with E-state index in [1.54, 1.807) is 36.1 Å². The zero-order chi connectivity index (χ0) is 21.7. The quantitative estimate of drug-likeness (QED) is 0.569. The third kappa shape index (κ3) is 2.92. The summed E-state index contributed by atoms with van der Waals surface area (Å²) in [6, 6.07) is 6.76. The monoisotopic (exact) mass is 421 g/mol. The molecule has 11 nitrogen and oxygen atoms in total. The van der Waals surface area contributed by atoms with E-state index in [9.17, 15) is 9.59 Å². The Kier molecular flexibility index (Phi) is 4.21. The Hall–Kier alpha value is -4.20. The van der Waals surface area contributed by atoms with Crippen LogP contribution in [0, 0.1) is 11.8 Å². The van der Waals surface area contributed by atoms with Gasteiger partial charge in [-0.15, -0.1) is 0 Å². The molecule has 1 atom stereocenters. The van der Waals surface area contributed by atoms with Crippen molar-refractivity contribution >= 4 is 28.8 Å². The molecule has 0 spiro atoms. The summed E-state index contributed by atoms with van der Waals surface area (Å²) in [4.78, 5) is 35.6. The molecule has 5 rings (SSSR count). The number of carbonyl (C=O) groups is 1. The number of rotatable bonds is 2. The van der Waals surface area contributed by atoms with Crippen LogP contribution < -0.4 is 26.6 Å². The number of anilines is 2.